The summed E-state index contributed by atoms with van der Waals surface area (Å²) in [7, 11) is 0. The van der Waals surface area contributed by atoms with E-state index in [1.54, 1.807) is 4.68 Å². The van der Waals surface area contributed by atoms with Gasteiger partial charge in [-0.05, 0) is 62.4 Å². The molecular formula is C27H29N3O3. The van der Waals surface area contributed by atoms with E-state index in [0.29, 0.717) is 11.8 Å². The number of benzene rings is 2. The summed E-state index contributed by atoms with van der Waals surface area (Å²) in [4.78, 5) is 24.5. The van der Waals surface area contributed by atoms with Crippen LogP contribution < -0.4 is 10.1 Å². The van der Waals surface area contributed by atoms with Gasteiger partial charge in [0.2, 0.25) is 11.8 Å². The van der Waals surface area contributed by atoms with Crippen molar-refractivity contribution in [3.05, 3.63) is 59.8 Å². The Balaban J connectivity index is 1.51. The third-order valence-electron chi connectivity index (χ3n) is 6.52. The number of carbonyl (C=O) groups excluding carboxylic acids is 2. The maximum atomic E-state index is 12.5. The number of rotatable bonds is 6. The van der Waals surface area contributed by atoms with Crippen LogP contribution in [0, 0.1) is 12.8 Å². The summed E-state index contributed by atoms with van der Waals surface area (Å²) in [6, 6.07) is 15.8. The van der Waals surface area contributed by atoms with E-state index in [4.69, 9.17) is 9.84 Å². The summed E-state index contributed by atoms with van der Waals surface area (Å²) in [5.74, 6) is 0.646. The van der Waals surface area contributed by atoms with Crippen LogP contribution in [0.2, 0.25) is 0 Å². The van der Waals surface area contributed by atoms with E-state index in [9.17, 15) is 9.59 Å². The highest BCUT2D eigenvalue weighted by atomic mass is 16.5. The van der Waals surface area contributed by atoms with Gasteiger partial charge in [0, 0.05) is 24.4 Å². The van der Waals surface area contributed by atoms with Crippen molar-refractivity contribution in [1.29, 1.82) is 0 Å². The first-order valence-electron chi connectivity index (χ1n) is 11.8. The zero-order chi connectivity index (χ0) is 22.9. The summed E-state index contributed by atoms with van der Waals surface area (Å²) < 4.78 is 7.46. The maximum absolute atomic E-state index is 12.5. The molecule has 1 amide bonds. The van der Waals surface area contributed by atoms with Crippen LogP contribution >= 0.6 is 0 Å². The monoisotopic (exact) mass is 443 g/mol. The number of ether oxygens (including phenoxy) is 1. The van der Waals surface area contributed by atoms with Crippen molar-refractivity contribution in [2.45, 2.75) is 58.3 Å². The van der Waals surface area contributed by atoms with E-state index in [1.165, 1.54) is 6.92 Å². The molecule has 6 heteroatoms. The first-order chi connectivity index (χ1) is 16.0. The minimum absolute atomic E-state index is 0.103. The Kier molecular flexibility index (Phi) is 5.75. The molecule has 2 fully saturated rings. The van der Waals surface area contributed by atoms with Gasteiger partial charge in [-0.1, -0.05) is 42.7 Å². The van der Waals surface area contributed by atoms with Crippen molar-refractivity contribution in [3.63, 3.8) is 0 Å². The summed E-state index contributed by atoms with van der Waals surface area (Å²) in [5, 5.41) is 7.94. The average molecular weight is 444 g/mol. The Morgan fingerprint density at radius 2 is 1.64 bits per heavy atom. The first kappa shape index (κ1) is 21.4. The van der Waals surface area contributed by atoms with Gasteiger partial charge in [0.1, 0.15) is 0 Å². The number of carbonyl (C=O) groups is 2. The molecule has 2 aromatic carbocycles. The number of anilines is 1. The zero-order valence-corrected chi connectivity index (χ0v) is 19.1. The second-order valence-corrected chi connectivity index (χ2v) is 9.23. The Morgan fingerprint density at radius 1 is 0.970 bits per heavy atom. The van der Waals surface area contributed by atoms with Crippen LogP contribution in [0.25, 0.3) is 16.8 Å². The lowest BCUT2D eigenvalue weighted by Crippen LogP contribution is -2.20. The van der Waals surface area contributed by atoms with Gasteiger partial charge in [-0.25, -0.2) is 0 Å². The van der Waals surface area contributed by atoms with Crippen LogP contribution in [-0.4, -0.2) is 21.7 Å². The molecule has 1 heterocycles. The van der Waals surface area contributed by atoms with Gasteiger partial charge in [-0.2, -0.15) is 9.78 Å². The SMILES string of the molecule is CC(=O)Oc1c(-c2ccc(NC(=O)C3CCCC3)cc2)c(C2CC2)nn1-c1ccc(C)cc1. The number of aryl methyl sites for hydroxylation is 1. The molecular weight excluding hydrogens is 414 g/mol. The Bertz CT molecular complexity index is 1170. The molecule has 0 atom stereocenters. The van der Waals surface area contributed by atoms with Crippen LogP contribution in [-0.2, 0) is 9.59 Å². The van der Waals surface area contributed by atoms with Crippen LogP contribution in [0.3, 0.4) is 0 Å². The summed E-state index contributed by atoms with van der Waals surface area (Å²) in [6.07, 6.45) is 6.35. The van der Waals surface area contributed by atoms with Gasteiger partial charge in [0.05, 0.1) is 16.9 Å². The molecule has 5 rings (SSSR count). The van der Waals surface area contributed by atoms with E-state index >= 15 is 0 Å². The van der Waals surface area contributed by atoms with Crippen molar-refractivity contribution in [2.75, 3.05) is 5.32 Å². The lowest BCUT2D eigenvalue weighted by molar-refractivity contribution is -0.132. The molecule has 0 radical (unpaired) electrons. The van der Waals surface area contributed by atoms with E-state index in [0.717, 1.165) is 72.3 Å². The lowest BCUT2D eigenvalue weighted by atomic mass is 10.0. The number of aromatic nitrogens is 2. The number of nitrogens with zero attached hydrogens (tertiary/aromatic N) is 2. The molecule has 0 saturated heterocycles. The van der Waals surface area contributed by atoms with Gasteiger partial charge in [-0.15, -0.1) is 0 Å². The highest BCUT2D eigenvalue weighted by Gasteiger charge is 2.34. The second-order valence-electron chi connectivity index (χ2n) is 9.23. The van der Waals surface area contributed by atoms with E-state index in [2.05, 4.69) is 5.32 Å². The maximum Gasteiger partial charge on any atom is 0.309 e. The largest absolute Gasteiger partial charge is 0.407 e. The minimum atomic E-state index is -0.382. The number of esters is 1. The lowest BCUT2D eigenvalue weighted by Gasteiger charge is -2.12. The number of hydrogen-bond acceptors (Lipinski definition) is 4. The van der Waals surface area contributed by atoms with Gasteiger partial charge in [0.25, 0.3) is 0 Å². The fraction of sp³-hybridized carbons (Fsp3) is 0.370. The fourth-order valence-electron chi connectivity index (χ4n) is 4.58. The van der Waals surface area contributed by atoms with Gasteiger partial charge >= 0.3 is 5.97 Å². The average Bonchev–Trinajstić information content (AvgIpc) is 3.36. The number of amides is 1. The van der Waals surface area contributed by atoms with Crippen LogP contribution in [0.5, 0.6) is 5.88 Å². The van der Waals surface area contributed by atoms with Gasteiger partial charge in [0.15, 0.2) is 0 Å². The quantitative estimate of drug-likeness (QED) is 0.490. The second kappa shape index (κ2) is 8.85. The smallest absolute Gasteiger partial charge is 0.309 e. The topological polar surface area (TPSA) is 73.2 Å². The third-order valence-corrected chi connectivity index (χ3v) is 6.52. The molecule has 6 nitrogen and oxygen atoms in total. The molecule has 0 bridgehead atoms. The van der Waals surface area contributed by atoms with E-state index < -0.39 is 0 Å². The summed E-state index contributed by atoms with van der Waals surface area (Å²) in [6.45, 7) is 3.45. The molecule has 2 saturated carbocycles. The van der Waals surface area contributed by atoms with Crippen molar-refractivity contribution in [2.24, 2.45) is 5.92 Å². The molecule has 0 aliphatic heterocycles. The minimum Gasteiger partial charge on any atom is -0.407 e. The van der Waals surface area contributed by atoms with Gasteiger partial charge < -0.3 is 10.1 Å². The number of hydrogen-bond donors (Lipinski definition) is 1. The molecule has 2 aliphatic carbocycles. The first-order valence-corrected chi connectivity index (χ1v) is 11.8. The molecule has 170 valence electrons. The Labute approximate surface area is 194 Å². The Hall–Kier alpha value is -3.41. The summed E-state index contributed by atoms with van der Waals surface area (Å²) in [5.41, 5.74) is 5.51. The van der Waals surface area contributed by atoms with Crippen molar-refractivity contribution in [3.8, 4) is 22.7 Å². The molecule has 33 heavy (non-hydrogen) atoms. The molecule has 2 aliphatic rings. The van der Waals surface area contributed by atoms with Crippen LogP contribution in [0.15, 0.2) is 48.5 Å². The number of nitrogens with one attached hydrogen (secondary N) is 1. The Morgan fingerprint density at radius 3 is 2.24 bits per heavy atom. The predicted octanol–water partition coefficient (Wildman–Crippen LogP) is 5.78. The third kappa shape index (κ3) is 4.56. The standard InChI is InChI=1S/C27H29N3O3/c1-17-7-15-23(16-8-17)30-27(33-18(2)31)24(25(29-30)20-9-10-20)19-11-13-22(14-12-19)28-26(32)21-5-3-4-6-21/h7-8,11-16,20-21H,3-6,9-10H2,1-2H3,(H,28,32). The molecule has 0 unspecified atom stereocenters. The van der Waals surface area contributed by atoms with Crippen LogP contribution in [0.1, 0.15) is 62.6 Å². The normalized spacial score (nSPS) is 16.1. The fourth-order valence-corrected chi connectivity index (χ4v) is 4.58. The molecule has 1 N–H and O–H groups in total. The predicted molar refractivity (Wildman–Crippen MR) is 128 cm³/mol. The van der Waals surface area contributed by atoms with Gasteiger partial charge in [-0.3, -0.25) is 9.59 Å². The van der Waals surface area contributed by atoms with E-state index in [1.807, 2.05) is 55.5 Å². The highest BCUT2D eigenvalue weighted by Crippen LogP contribution is 2.48. The van der Waals surface area contributed by atoms with Crippen molar-refractivity contribution in [1.82, 2.24) is 9.78 Å². The molecule has 3 aromatic rings. The van der Waals surface area contributed by atoms with Crippen molar-refractivity contribution >= 4 is 17.6 Å². The van der Waals surface area contributed by atoms with E-state index in [-0.39, 0.29) is 17.8 Å². The molecule has 0 spiro atoms. The zero-order valence-electron chi connectivity index (χ0n) is 19.1. The van der Waals surface area contributed by atoms with Crippen molar-refractivity contribution < 1.29 is 14.3 Å². The molecule has 1 aromatic heterocycles. The summed E-state index contributed by atoms with van der Waals surface area (Å²) >= 11 is 0. The highest BCUT2D eigenvalue weighted by molar-refractivity contribution is 5.93. The van der Waals surface area contributed by atoms with Crippen LogP contribution in [0.4, 0.5) is 5.69 Å².